The van der Waals surface area contributed by atoms with E-state index in [9.17, 15) is 0 Å². The van der Waals surface area contributed by atoms with E-state index in [1.54, 1.807) is 6.07 Å². The molecule has 1 heterocycles. The van der Waals surface area contributed by atoms with E-state index in [-0.39, 0.29) is 6.61 Å². The molecule has 1 aromatic heterocycles. The van der Waals surface area contributed by atoms with Gasteiger partial charge in [-0.15, -0.1) is 11.3 Å². The van der Waals surface area contributed by atoms with Gasteiger partial charge in [0.2, 0.25) is 0 Å². The van der Waals surface area contributed by atoms with Crippen molar-refractivity contribution in [2.24, 2.45) is 0 Å². The third-order valence-electron chi connectivity index (χ3n) is 1.53. The maximum atomic E-state index is 8.82. The quantitative estimate of drug-likeness (QED) is 0.766. The molecule has 2 nitrogen and oxygen atoms in total. The number of hydrogen-bond acceptors (Lipinski definition) is 3. The predicted molar refractivity (Wildman–Crippen MR) is 50.6 cm³/mol. The van der Waals surface area contributed by atoms with Gasteiger partial charge in [-0.3, -0.25) is 0 Å². The van der Waals surface area contributed by atoms with Crippen molar-refractivity contribution in [2.75, 3.05) is 0 Å². The molecule has 1 N–H and O–H groups in total. The summed E-state index contributed by atoms with van der Waals surface area (Å²) in [7, 11) is 0. The SMILES string of the molecule is OCc1nc2cc(Cl)ccc2s1. The average molecular weight is 200 g/mol. The minimum Gasteiger partial charge on any atom is -0.389 e. The standard InChI is InChI=1S/C8H6ClNOS/c9-5-1-2-7-6(3-5)10-8(4-11)12-7/h1-3,11H,4H2. The second kappa shape index (κ2) is 3.01. The molecular weight excluding hydrogens is 194 g/mol. The fourth-order valence-corrected chi connectivity index (χ4v) is 1.99. The molecule has 2 rings (SSSR count). The Morgan fingerprint density at radius 3 is 3.08 bits per heavy atom. The lowest BCUT2D eigenvalue weighted by atomic mass is 10.3. The molecule has 0 spiro atoms. The minimum absolute atomic E-state index is 0.00301. The first-order valence-electron chi connectivity index (χ1n) is 3.45. The summed E-state index contributed by atoms with van der Waals surface area (Å²) in [5.41, 5.74) is 0.858. The summed E-state index contributed by atoms with van der Waals surface area (Å²) in [5, 5.41) is 10.2. The van der Waals surface area contributed by atoms with Crippen molar-refractivity contribution in [1.82, 2.24) is 4.98 Å². The number of aliphatic hydroxyl groups is 1. The van der Waals surface area contributed by atoms with Crippen molar-refractivity contribution in [2.45, 2.75) is 6.61 Å². The molecule has 0 radical (unpaired) electrons. The third kappa shape index (κ3) is 1.31. The number of halogens is 1. The number of aromatic nitrogens is 1. The highest BCUT2D eigenvalue weighted by molar-refractivity contribution is 7.18. The van der Waals surface area contributed by atoms with Crippen molar-refractivity contribution in [3.63, 3.8) is 0 Å². The lowest BCUT2D eigenvalue weighted by molar-refractivity contribution is 0.281. The molecule has 0 unspecified atom stereocenters. The first kappa shape index (κ1) is 7.98. The Hall–Kier alpha value is -0.640. The van der Waals surface area contributed by atoms with E-state index in [1.165, 1.54) is 11.3 Å². The molecule has 4 heteroatoms. The van der Waals surface area contributed by atoms with Gasteiger partial charge in [-0.25, -0.2) is 4.98 Å². The summed E-state index contributed by atoms with van der Waals surface area (Å²) in [6.07, 6.45) is 0. The monoisotopic (exact) mass is 199 g/mol. The molecule has 2 aromatic rings. The van der Waals surface area contributed by atoms with E-state index < -0.39 is 0 Å². The van der Waals surface area contributed by atoms with E-state index in [2.05, 4.69) is 4.98 Å². The second-order valence-corrected chi connectivity index (χ2v) is 3.93. The second-order valence-electron chi connectivity index (χ2n) is 2.38. The molecule has 1 aromatic carbocycles. The topological polar surface area (TPSA) is 33.1 Å². The van der Waals surface area contributed by atoms with Gasteiger partial charge in [0.15, 0.2) is 0 Å². The van der Waals surface area contributed by atoms with E-state index in [0.29, 0.717) is 5.02 Å². The summed E-state index contributed by atoms with van der Waals surface area (Å²) in [4.78, 5) is 4.18. The van der Waals surface area contributed by atoms with Crippen LogP contribution in [0.25, 0.3) is 10.2 Å². The van der Waals surface area contributed by atoms with Crippen LogP contribution in [0.3, 0.4) is 0 Å². The molecule has 0 bridgehead atoms. The summed E-state index contributed by atoms with van der Waals surface area (Å²) < 4.78 is 1.06. The maximum absolute atomic E-state index is 8.82. The van der Waals surface area contributed by atoms with Crippen LogP contribution >= 0.6 is 22.9 Å². The van der Waals surface area contributed by atoms with Gasteiger partial charge in [0.25, 0.3) is 0 Å². The summed E-state index contributed by atoms with van der Waals surface area (Å²) in [6.45, 7) is -0.00301. The fourth-order valence-electron chi connectivity index (χ4n) is 1.02. The molecule has 0 aliphatic heterocycles. The Bertz CT molecular complexity index is 412. The first-order chi connectivity index (χ1) is 5.79. The summed E-state index contributed by atoms with van der Waals surface area (Å²) in [6, 6.07) is 5.53. The highest BCUT2D eigenvalue weighted by Crippen LogP contribution is 2.24. The van der Waals surface area contributed by atoms with Gasteiger partial charge in [-0.2, -0.15) is 0 Å². The maximum Gasteiger partial charge on any atom is 0.119 e. The molecule has 0 fully saturated rings. The van der Waals surface area contributed by atoms with Crippen molar-refractivity contribution in [3.8, 4) is 0 Å². The minimum atomic E-state index is -0.00301. The zero-order chi connectivity index (χ0) is 8.55. The molecule has 0 amide bonds. The van der Waals surface area contributed by atoms with Crippen LogP contribution in [0.1, 0.15) is 5.01 Å². The van der Waals surface area contributed by atoms with Crippen LogP contribution in [0.4, 0.5) is 0 Å². The van der Waals surface area contributed by atoms with Gasteiger partial charge < -0.3 is 5.11 Å². The third-order valence-corrected chi connectivity index (χ3v) is 2.79. The molecule has 62 valence electrons. The molecular formula is C8H6ClNOS. The number of benzene rings is 1. The zero-order valence-electron chi connectivity index (χ0n) is 6.12. The van der Waals surface area contributed by atoms with Crippen LogP contribution in [0, 0.1) is 0 Å². The number of hydrogen-bond donors (Lipinski definition) is 1. The molecule has 12 heavy (non-hydrogen) atoms. The van der Waals surface area contributed by atoms with Crippen LogP contribution in [-0.2, 0) is 6.61 Å². The van der Waals surface area contributed by atoms with Gasteiger partial charge in [0.05, 0.1) is 16.8 Å². The van der Waals surface area contributed by atoms with Crippen molar-refractivity contribution in [1.29, 1.82) is 0 Å². The van der Waals surface area contributed by atoms with Crippen molar-refractivity contribution < 1.29 is 5.11 Å². The average Bonchev–Trinajstić information content (AvgIpc) is 2.46. The van der Waals surface area contributed by atoms with Crippen molar-refractivity contribution in [3.05, 3.63) is 28.2 Å². The van der Waals surface area contributed by atoms with E-state index >= 15 is 0 Å². The largest absolute Gasteiger partial charge is 0.389 e. The lowest BCUT2D eigenvalue weighted by Crippen LogP contribution is -1.77. The Morgan fingerprint density at radius 1 is 1.50 bits per heavy atom. The Labute approximate surface area is 78.4 Å². The molecule has 0 aliphatic carbocycles. The molecule has 0 aliphatic rings. The van der Waals surface area contributed by atoms with E-state index in [0.717, 1.165) is 15.2 Å². The molecule has 0 saturated heterocycles. The zero-order valence-corrected chi connectivity index (χ0v) is 7.69. The van der Waals surface area contributed by atoms with E-state index in [1.807, 2.05) is 12.1 Å². The highest BCUT2D eigenvalue weighted by Gasteiger charge is 2.01. The Balaban J connectivity index is 2.67. The lowest BCUT2D eigenvalue weighted by Gasteiger charge is -1.86. The van der Waals surface area contributed by atoms with Gasteiger partial charge in [-0.05, 0) is 18.2 Å². The number of aliphatic hydroxyl groups excluding tert-OH is 1. The number of nitrogens with zero attached hydrogens (tertiary/aromatic N) is 1. The van der Waals surface area contributed by atoms with Gasteiger partial charge >= 0.3 is 0 Å². The number of thiazole rings is 1. The Morgan fingerprint density at radius 2 is 2.33 bits per heavy atom. The number of fused-ring (bicyclic) bond motifs is 1. The van der Waals surface area contributed by atoms with E-state index in [4.69, 9.17) is 16.7 Å². The van der Waals surface area contributed by atoms with Crippen LogP contribution in [0.5, 0.6) is 0 Å². The van der Waals surface area contributed by atoms with Crippen LogP contribution in [-0.4, -0.2) is 10.1 Å². The van der Waals surface area contributed by atoms with Gasteiger partial charge in [0, 0.05) is 5.02 Å². The molecule has 0 saturated carbocycles. The van der Waals surface area contributed by atoms with Crippen LogP contribution < -0.4 is 0 Å². The van der Waals surface area contributed by atoms with Gasteiger partial charge in [-0.1, -0.05) is 11.6 Å². The van der Waals surface area contributed by atoms with Crippen molar-refractivity contribution >= 4 is 33.2 Å². The smallest absolute Gasteiger partial charge is 0.119 e. The van der Waals surface area contributed by atoms with Crippen LogP contribution in [0.15, 0.2) is 18.2 Å². The predicted octanol–water partition coefficient (Wildman–Crippen LogP) is 2.44. The summed E-state index contributed by atoms with van der Waals surface area (Å²) in [5.74, 6) is 0. The first-order valence-corrected chi connectivity index (χ1v) is 4.65. The highest BCUT2D eigenvalue weighted by atomic mass is 35.5. The fraction of sp³-hybridized carbons (Fsp3) is 0.125. The van der Waals surface area contributed by atoms with Gasteiger partial charge in [0.1, 0.15) is 5.01 Å². The number of rotatable bonds is 1. The summed E-state index contributed by atoms with van der Waals surface area (Å²) >= 11 is 7.26. The Kier molecular flexibility index (Phi) is 2.00. The normalized spacial score (nSPS) is 10.8. The molecule has 0 atom stereocenters. The van der Waals surface area contributed by atoms with Crippen LogP contribution in [0.2, 0.25) is 5.02 Å².